The molecule has 44 heavy (non-hydrogen) atoms. The molecule has 0 nitrogen and oxygen atoms in total. The van der Waals surface area contributed by atoms with Crippen LogP contribution in [0.15, 0.2) is 81.2 Å². The second-order valence-corrected chi connectivity index (χ2v) is 20.0. The standard InChI is InChI=1S/C25H25.C8H11.C7H5F.2ClH.Zr/c1-14-12-24(3,4)22-8-16-7-17-9-23-19(15(2)13-25(23,5)6)11-21(17)20(16)10-18(14)22;1-6-4-7(2)8(3)5-6;1-6-2-4-7(8)5-3-6;;;/h7-13H,1-6H3;4,6H,1-3H3;1-5H;2*1H;/q;;;;;+2/p-2. The summed E-state index contributed by atoms with van der Waals surface area (Å²) in [6.07, 6.45) is 7.37. The monoisotopic (exact) mass is 700 g/mol. The largest absolute Gasteiger partial charge is 1.00 e. The van der Waals surface area contributed by atoms with Gasteiger partial charge >= 0.3 is 260 Å². The van der Waals surface area contributed by atoms with Gasteiger partial charge in [-0.3, -0.25) is 0 Å². The van der Waals surface area contributed by atoms with Crippen molar-refractivity contribution in [3.05, 3.63) is 126 Å². The molecule has 0 N–H and O–H groups in total. The number of halogens is 3. The smallest absolute Gasteiger partial charge is 1.00 e. The first-order valence-corrected chi connectivity index (χ1v) is 19.5. The van der Waals surface area contributed by atoms with Gasteiger partial charge in [-0.2, -0.15) is 0 Å². The van der Waals surface area contributed by atoms with Crippen LogP contribution < -0.4 is 24.8 Å². The van der Waals surface area contributed by atoms with Crippen molar-refractivity contribution < 1.29 is 50.5 Å². The first kappa shape index (κ1) is 33.3. The zero-order chi connectivity index (χ0) is 29.9. The summed E-state index contributed by atoms with van der Waals surface area (Å²) in [6.45, 7) is 21.0. The predicted octanol–water partition coefficient (Wildman–Crippen LogP) is 4.63. The maximum Gasteiger partial charge on any atom is -1.00 e. The summed E-state index contributed by atoms with van der Waals surface area (Å²) in [7, 11) is 0. The van der Waals surface area contributed by atoms with Crippen LogP contribution in [0.3, 0.4) is 0 Å². The Morgan fingerprint density at radius 3 is 1.59 bits per heavy atom. The van der Waals surface area contributed by atoms with Crippen LogP contribution in [0.25, 0.3) is 22.3 Å². The van der Waals surface area contributed by atoms with Gasteiger partial charge in [-0.05, 0) is 0 Å². The van der Waals surface area contributed by atoms with Crippen molar-refractivity contribution in [2.45, 2.75) is 76.8 Å². The normalized spacial score (nSPS) is 20.2. The summed E-state index contributed by atoms with van der Waals surface area (Å²) in [4.78, 5) is 0. The van der Waals surface area contributed by atoms with Crippen molar-refractivity contribution in [1.29, 1.82) is 0 Å². The summed E-state index contributed by atoms with van der Waals surface area (Å²) >= 11 is -2.66. The third kappa shape index (κ3) is 4.99. The Kier molecular flexibility index (Phi) is 8.53. The number of allylic oxidation sites excluding steroid dienone is 8. The van der Waals surface area contributed by atoms with Crippen LogP contribution in [0.5, 0.6) is 0 Å². The van der Waals surface area contributed by atoms with E-state index in [0.29, 0.717) is 9.54 Å². The SMILES string of the molecule is CC1=CC(C)[C](/[Zr+2](=[CH]\c2ccc(F)cc2)[CH]2c3cc4c(cc3-c3cc5c(cc32)C(C)(C)C=C5C)C(C)=CC4(C)C)=C1C.[Cl-].[Cl-]. The van der Waals surface area contributed by atoms with Gasteiger partial charge in [0.1, 0.15) is 0 Å². The van der Waals surface area contributed by atoms with E-state index >= 15 is 0 Å². The van der Waals surface area contributed by atoms with Crippen molar-refractivity contribution in [1.82, 2.24) is 0 Å². The van der Waals surface area contributed by atoms with Crippen LogP contribution in [0.1, 0.15) is 105 Å². The fourth-order valence-electron chi connectivity index (χ4n) is 8.46. The molecule has 1 unspecified atom stereocenters. The molecule has 0 spiro atoms. The Morgan fingerprint density at radius 2 is 1.16 bits per heavy atom. The summed E-state index contributed by atoms with van der Waals surface area (Å²) in [5.74, 6) is 0.269. The molecule has 7 rings (SSSR count). The van der Waals surface area contributed by atoms with Crippen LogP contribution >= 0.6 is 0 Å². The van der Waals surface area contributed by atoms with Crippen molar-refractivity contribution >= 4 is 14.9 Å². The Bertz CT molecular complexity index is 1790. The molecule has 3 aromatic rings. The molecule has 3 aromatic carbocycles. The first-order valence-electron chi connectivity index (χ1n) is 15.4. The number of rotatable bonds is 3. The van der Waals surface area contributed by atoms with E-state index in [4.69, 9.17) is 0 Å². The average molecular weight is 703 g/mol. The minimum Gasteiger partial charge on any atom is -1.00 e. The van der Waals surface area contributed by atoms with E-state index in [1.54, 1.807) is 15.4 Å². The fraction of sp³-hybridized carbons (Fsp3) is 0.325. The molecule has 226 valence electrons. The molecule has 4 aliphatic rings. The van der Waals surface area contributed by atoms with Gasteiger partial charge in [0.2, 0.25) is 0 Å². The van der Waals surface area contributed by atoms with Gasteiger partial charge in [-0.1, -0.05) is 0 Å². The van der Waals surface area contributed by atoms with Crippen molar-refractivity contribution in [2.75, 3.05) is 0 Å². The molecule has 4 aliphatic carbocycles. The molecule has 0 saturated heterocycles. The summed E-state index contributed by atoms with van der Waals surface area (Å²) in [5, 5.41) is 0. The Morgan fingerprint density at radius 1 is 0.682 bits per heavy atom. The molecule has 1 atom stereocenters. The molecule has 0 fully saturated rings. The molecular weight excluding hydrogens is 662 g/mol. The topological polar surface area (TPSA) is 0 Å². The van der Waals surface area contributed by atoms with Crippen LogP contribution in [-0.4, -0.2) is 3.71 Å². The van der Waals surface area contributed by atoms with E-state index in [0.717, 1.165) is 5.56 Å². The number of benzene rings is 3. The van der Waals surface area contributed by atoms with Gasteiger partial charge in [0, 0.05) is 0 Å². The van der Waals surface area contributed by atoms with Crippen LogP contribution in [0, 0.1) is 11.7 Å². The quantitative estimate of drug-likeness (QED) is 0.374. The summed E-state index contributed by atoms with van der Waals surface area (Å²) < 4.78 is 18.7. The molecule has 0 bridgehead atoms. The van der Waals surface area contributed by atoms with E-state index in [1.807, 2.05) is 12.1 Å². The summed E-state index contributed by atoms with van der Waals surface area (Å²) in [5.41, 5.74) is 18.5. The van der Waals surface area contributed by atoms with Crippen molar-refractivity contribution in [2.24, 2.45) is 5.92 Å². The maximum atomic E-state index is 14.0. The second-order valence-electron chi connectivity index (χ2n) is 14.3. The molecule has 0 saturated carbocycles. The van der Waals surface area contributed by atoms with Crippen LogP contribution in [0.2, 0.25) is 0 Å². The van der Waals surface area contributed by atoms with Gasteiger partial charge in [0.05, 0.1) is 0 Å². The van der Waals surface area contributed by atoms with E-state index in [9.17, 15) is 4.39 Å². The second kappa shape index (κ2) is 11.3. The van der Waals surface area contributed by atoms with E-state index < -0.39 is 21.3 Å². The van der Waals surface area contributed by atoms with Gasteiger partial charge in [0.15, 0.2) is 0 Å². The number of hydrogen-bond donors (Lipinski definition) is 0. The van der Waals surface area contributed by atoms with E-state index in [1.165, 1.54) is 66.8 Å². The Labute approximate surface area is 283 Å². The van der Waals surface area contributed by atoms with E-state index in [2.05, 4.69) is 109 Å². The molecule has 0 radical (unpaired) electrons. The molecule has 4 heteroatoms. The number of hydrogen-bond acceptors (Lipinski definition) is 0. The summed E-state index contributed by atoms with van der Waals surface area (Å²) in [6, 6.07) is 17.5. The van der Waals surface area contributed by atoms with Gasteiger partial charge in [0.25, 0.3) is 0 Å². The molecule has 0 aliphatic heterocycles. The average Bonchev–Trinajstić information content (AvgIpc) is 3.53. The fourth-order valence-corrected chi connectivity index (χ4v) is 17.2. The van der Waals surface area contributed by atoms with Crippen LogP contribution in [-0.2, 0) is 32.1 Å². The zero-order valence-corrected chi connectivity index (χ0v) is 31.2. The minimum absolute atomic E-state index is 0. The molecule has 0 heterocycles. The Hall–Kier alpha value is -2.12. The van der Waals surface area contributed by atoms with Gasteiger partial charge in [-0.25, -0.2) is 0 Å². The number of fused-ring (bicyclic) bond motifs is 5. The molecular formula is C40H41Cl2FZr. The minimum atomic E-state index is -2.66. The van der Waals surface area contributed by atoms with Gasteiger partial charge < -0.3 is 24.8 Å². The predicted molar refractivity (Wildman–Crippen MR) is 174 cm³/mol. The van der Waals surface area contributed by atoms with Crippen molar-refractivity contribution in [3.8, 4) is 11.1 Å². The third-order valence-electron chi connectivity index (χ3n) is 10.4. The van der Waals surface area contributed by atoms with Gasteiger partial charge in [-0.15, -0.1) is 0 Å². The van der Waals surface area contributed by atoms with E-state index in [-0.39, 0.29) is 41.5 Å². The van der Waals surface area contributed by atoms with Crippen LogP contribution in [0.4, 0.5) is 4.39 Å². The van der Waals surface area contributed by atoms with Crippen molar-refractivity contribution in [3.63, 3.8) is 0 Å². The Balaban J connectivity index is 0.00000192. The zero-order valence-electron chi connectivity index (χ0n) is 27.2. The molecule has 0 aromatic heterocycles. The first-order chi connectivity index (χ1) is 19.8. The maximum absolute atomic E-state index is 14.0. The third-order valence-corrected chi connectivity index (χ3v) is 18.7. The molecule has 0 amide bonds.